The molecule has 0 saturated carbocycles. The van der Waals surface area contributed by atoms with Gasteiger partial charge in [0.2, 0.25) is 0 Å². The smallest absolute Gasteiger partial charge is 0.167 e. The Hall–Kier alpha value is -1.10. The molecule has 0 bridgehead atoms. The zero-order valence-corrected chi connectivity index (χ0v) is 12.5. The second kappa shape index (κ2) is 5.90. The van der Waals surface area contributed by atoms with Crippen molar-refractivity contribution in [1.29, 1.82) is 0 Å². The van der Waals surface area contributed by atoms with Crippen LogP contribution in [0.2, 0.25) is 5.02 Å². The normalized spacial score (nSPS) is 12.3. The lowest BCUT2D eigenvalue weighted by Crippen LogP contribution is -2.07. The van der Waals surface area contributed by atoms with Crippen LogP contribution >= 0.6 is 27.5 Å². The van der Waals surface area contributed by atoms with E-state index >= 15 is 0 Å². The summed E-state index contributed by atoms with van der Waals surface area (Å²) >= 11 is 9.35. The lowest BCUT2D eigenvalue weighted by atomic mass is 10.1. The van der Waals surface area contributed by atoms with Gasteiger partial charge in [0.15, 0.2) is 11.6 Å². The summed E-state index contributed by atoms with van der Waals surface area (Å²) in [6, 6.07) is 9.45. The van der Waals surface area contributed by atoms with Gasteiger partial charge in [0, 0.05) is 16.1 Å². The van der Waals surface area contributed by atoms with E-state index in [1.54, 1.807) is 37.3 Å². The maximum Gasteiger partial charge on any atom is 0.167 e. The molecule has 0 radical (unpaired) electrons. The van der Waals surface area contributed by atoms with Crippen LogP contribution in [0.1, 0.15) is 18.5 Å². The zero-order valence-electron chi connectivity index (χ0n) is 10.2. The zero-order chi connectivity index (χ0) is 14.0. The van der Waals surface area contributed by atoms with Crippen molar-refractivity contribution >= 4 is 27.5 Å². The number of rotatable bonds is 3. The lowest BCUT2D eigenvalue weighted by molar-refractivity contribution is 0.433. The fourth-order valence-corrected chi connectivity index (χ4v) is 2.37. The summed E-state index contributed by atoms with van der Waals surface area (Å²) < 4.78 is 20.3. The average molecular weight is 345 g/mol. The van der Waals surface area contributed by atoms with Gasteiger partial charge >= 0.3 is 0 Å². The molecule has 19 heavy (non-hydrogen) atoms. The molecular weight excluding hydrogens is 333 g/mol. The van der Waals surface area contributed by atoms with Gasteiger partial charge in [-0.1, -0.05) is 39.7 Å². The van der Waals surface area contributed by atoms with Crippen LogP contribution in [-0.2, 0) is 0 Å². The second-order valence-corrected chi connectivity index (χ2v) is 5.45. The first-order valence-electron chi connectivity index (χ1n) is 5.66. The van der Waals surface area contributed by atoms with Gasteiger partial charge in [-0.25, -0.2) is 4.39 Å². The third-order valence-corrected chi connectivity index (χ3v) is 3.38. The fourth-order valence-electron chi connectivity index (χ4n) is 1.66. The average Bonchev–Trinajstić information content (AvgIpc) is 2.34. The van der Waals surface area contributed by atoms with Gasteiger partial charge in [0.25, 0.3) is 0 Å². The minimum Gasteiger partial charge on any atom is -0.452 e. The Morgan fingerprint density at radius 1 is 1.32 bits per heavy atom. The number of hydrogen-bond donors (Lipinski definition) is 1. The second-order valence-electron chi connectivity index (χ2n) is 4.12. The number of hydrogen-bond acceptors (Lipinski definition) is 2. The predicted molar refractivity (Wildman–Crippen MR) is 78.2 cm³/mol. The highest BCUT2D eigenvalue weighted by Gasteiger charge is 2.15. The van der Waals surface area contributed by atoms with Gasteiger partial charge in [-0.3, -0.25) is 0 Å². The van der Waals surface area contributed by atoms with E-state index in [9.17, 15) is 4.39 Å². The van der Waals surface area contributed by atoms with E-state index in [0.717, 1.165) is 4.47 Å². The van der Waals surface area contributed by atoms with E-state index in [-0.39, 0.29) is 11.8 Å². The van der Waals surface area contributed by atoms with Gasteiger partial charge in [-0.05, 0) is 31.2 Å². The van der Waals surface area contributed by atoms with E-state index in [0.29, 0.717) is 16.3 Å². The molecule has 0 aliphatic rings. The Balaban J connectivity index is 2.43. The number of halogens is 3. The molecule has 1 atom stereocenters. The predicted octanol–water partition coefficient (Wildman–Crippen LogP) is 5.05. The Morgan fingerprint density at radius 2 is 2.05 bits per heavy atom. The van der Waals surface area contributed by atoms with Crippen molar-refractivity contribution in [3.8, 4) is 11.5 Å². The quantitative estimate of drug-likeness (QED) is 0.845. The first-order chi connectivity index (χ1) is 8.99. The monoisotopic (exact) mass is 343 g/mol. The van der Waals surface area contributed by atoms with Crippen LogP contribution in [0.15, 0.2) is 40.9 Å². The summed E-state index contributed by atoms with van der Waals surface area (Å²) in [4.78, 5) is 0. The largest absolute Gasteiger partial charge is 0.452 e. The molecule has 2 rings (SSSR count). The molecule has 0 spiro atoms. The van der Waals surface area contributed by atoms with Crippen LogP contribution in [-0.4, -0.2) is 0 Å². The van der Waals surface area contributed by atoms with Crippen molar-refractivity contribution in [1.82, 2.24) is 0 Å². The first kappa shape index (κ1) is 14.3. The van der Waals surface area contributed by atoms with Gasteiger partial charge < -0.3 is 10.5 Å². The molecule has 0 unspecified atom stereocenters. The van der Waals surface area contributed by atoms with E-state index < -0.39 is 5.82 Å². The number of nitrogens with two attached hydrogens (primary N) is 1. The van der Waals surface area contributed by atoms with Crippen LogP contribution in [0.5, 0.6) is 11.5 Å². The maximum atomic E-state index is 13.9. The van der Waals surface area contributed by atoms with Gasteiger partial charge in [0.05, 0.1) is 5.02 Å². The molecule has 0 aliphatic heterocycles. The SMILES string of the molecule is C[C@H](N)c1cccc(F)c1Oc1ccc(Br)cc1Cl. The molecule has 0 saturated heterocycles. The van der Waals surface area contributed by atoms with Crippen LogP contribution in [0.4, 0.5) is 4.39 Å². The van der Waals surface area contributed by atoms with Crippen molar-refractivity contribution < 1.29 is 9.13 Å². The maximum absolute atomic E-state index is 13.9. The lowest BCUT2D eigenvalue weighted by Gasteiger charge is -2.15. The third kappa shape index (κ3) is 3.26. The van der Waals surface area contributed by atoms with Crippen LogP contribution in [0.3, 0.4) is 0 Å². The molecule has 0 aromatic heterocycles. The van der Waals surface area contributed by atoms with E-state index in [1.807, 2.05) is 0 Å². The first-order valence-corrected chi connectivity index (χ1v) is 6.83. The van der Waals surface area contributed by atoms with E-state index in [2.05, 4.69) is 15.9 Å². The molecule has 0 fully saturated rings. The molecule has 5 heteroatoms. The van der Waals surface area contributed by atoms with Crippen LogP contribution < -0.4 is 10.5 Å². The van der Waals surface area contributed by atoms with Gasteiger partial charge in [-0.15, -0.1) is 0 Å². The number of para-hydroxylation sites is 1. The molecule has 100 valence electrons. The molecule has 2 N–H and O–H groups in total. The summed E-state index contributed by atoms with van der Waals surface area (Å²) in [6.07, 6.45) is 0. The van der Waals surface area contributed by atoms with E-state index in [4.69, 9.17) is 22.1 Å². The highest BCUT2D eigenvalue weighted by molar-refractivity contribution is 9.10. The number of ether oxygens (including phenoxy) is 1. The third-order valence-electron chi connectivity index (χ3n) is 2.59. The summed E-state index contributed by atoms with van der Waals surface area (Å²) in [7, 11) is 0. The molecule has 0 heterocycles. The molecule has 2 nitrogen and oxygen atoms in total. The van der Waals surface area contributed by atoms with Crippen molar-refractivity contribution in [3.05, 3.63) is 57.3 Å². The van der Waals surface area contributed by atoms with E-state index in [1.165, 1.54) is 6.07 Å². The molecule has 2 aromatic rings. The highest BCUT2D eigenvalue weighted by atomic mass is 79.9. The molecule has 0 amide bonds. The minimum atomic E-state index is -0.464. The summed E-state index contributed by atoms with van der Waals surface area (Å²) in [6.45, 7) is 1.77. The van der Waals surface area contributed by atoms with Crippen molar-refractivity contribution in [3.63, 3.8) is 0 Å². The van der Waals surface area contributed by atoms with Gasteiger partial charge in [0.1, 0.15) is 5.75 Å². The summed E-state index contributed by atoms with van der Waals surface area (Å²) in [5.74, 6) is 0.0346. The van der Waals surface area contributed by atoms with Crippen LogP contribution in [0, 0.1) is 5.82 Å². The molecule has 2 aromatic carbocycles. The summed E-state index contributed by atoms with van der Waals surface area (Å²) in [5, 5.41) is 0.397. The topological polar surface area (TPSA) is 35.2 Å². The number of benzene rings is 2. The van der Waals surface area contributed by atoms with Crippen molar-refractivity contribution in [2.24, 2.45) is 5.73 Å². The van der Waals surface area contributed by atoms with Crippen molar-refractivity contribution in [2.45, 2.75) is 13.0 Å². The summed E-state index contributed by atoms with van der Waals surface area (Å²) in [5.41, 5.74) is 6.41. The van der Waals surface area contributed by atoms with Gasteiger partial charge in [-0.2, -0.15) is 0 Å². The van der Waals surface area contributed by atoms with Crippen molar-refractivity contribution in [2.75, 3.05) is 0 Å². The standard InChI is InChI=1S/C14H12BrClFNO/c1-8(18)10-3-2-4-12(17)14(10)19-13-6-5-9(15)7-11(13)16/h2-8H,18H2,1H3/t8-/m0/s1. The van der Waals surface area contributed by atoms with Crippen LogP contribution in [0.25, 0.3) is 0 Å². The minimum absolute atomic E-state index is 0.113. The Bertz CT molecular complexity index is 604. The Labute approximate surface area is 124 Å². The Morgan fingerprint density at radius 3 is 2.68 bits per heavy atom. The fraction of sp³-hybridized carbons (Fsp3) is 0.143. The Kier molecular flexibility index (Phi) is 4.45. The molecule has 0 aliphatic carbocycles. The highest BCUT2D eigenvalue weighted by Crippen LogP contribution is 2.36. The molecular formula is C14H12BrClFNO.